The maximum absolute atomic E-state index is 13.3. The Kier molecular flexibility index (Phi) is 4.27. The van der Waals surface area contributed by atoms with Gasteiger partial charge >= 0.3 is 0 Å². The average Bonchev–Trinajstić information content (AvgIpc) is 2.65. The highest BCUT2D eigenvalue weighted by Crippen LogP contribution is 2.55. The number of benzene rings is 1. The molecule has 142 valence electrons. The molecule has 0 unspecified atom stereocenters. The molecule has 4 aliphatic heterocycles. The summed E-state index contributed by atoms with van der Waals surface area (Å²) in [5.41, 5.74) is 0.866. The molecule has 0 saturated carbocycles. The summed E-state index contributed by atoms with van der Waals surface area (Å²) < 4.78 is 11.2. The molecule has 0 radical (unpaired) electrons. The van der Waals surface area contributed by atoms with Crippen molar-refractivity contribution in [2.45, 2.75) is 39.8 Å². The molecular formula is C21H30N2O3. The second-order valence-corrected chi connectivity index (χ2v) is 8.12. The second kappa shape index (κ2) is 6.24. The lowest BCUT2D eigenvalue weighted by Gasteiger charge is -2.66. The molecule has 1 aromatic carbocycles. The van der Waals surface area contributed by atoms with E-state index in [2.05, 4.69) is 35.8 Å². The van der Waals surface area contributed by atoms with Crippen molar-refractivity contribution in [1.82, 2.24) is 9.80 Å². The molecule has 4 bridgehead atoms. The molecule has 5 rings (SSSR count). The summed E-state index contributed by atoms with van der Waals surface area (Å²) in [5, 5.41) is 0. The Balaban J connectivity index is 1.70. The number of nitrogens with zero attached hydrogens (tertiary/aromatic N) is 2. The van der Waals surface area contributed by atoms with Gasteiger partial charge in [0, 0.05) is 26.2 Å². The third-order valence-electron chi connectivity index (χ3n) is 6.82. The van der Waals surface area contributed by atoms with Crippen molar-refractivity contribution >= 4 is 5.78 Å². The van der Waals surface area contributed by atoms with Gasteiger partial charge in [0.1, 0.15) is 5.78 Å². The summed E-state index contributed by atoms with van der Waals surface area (Å²) in [5.74, 6) is 2.09. The number of hydrogen-bond acceptors (Lipinski definition) is 5. The summed E-state index contributed by atoms with van der Waals surface area (Å²) in [4.78, 5) is 18.3. The van der Waals surface area contributed by atoms with Crippen LogP contribution in [-0.4, -0.2) is 55.5 Å². The van der Waals surface area contributed by atoms with Crippen LogP contribution in [0.15, 0.2) is 18.2 Å². The topological polar surface area (TPSA) is 42.0 Å². The van der Waals surface area contributed by atoms with E-state index in [1.54, 1.807) is 7.11 Å². The lowest BCUT2D eigenvalue weighted by Crippen LogP contribution is -2.76. The molecule has 1 aromatic rings. The van der Waals surface area contributed by atoms with Crippen molar-refractivity contribution in [3.8, 4) is 11.5 Å². The maximum Gasteiger partial charge on any atom is 0.161 e. The SMILES string of the molecule is CCOc1ccc(C2N3CC4(CC)CN2CC(CC)(C3)C4=O)cc1OC. The van der Waals surface area contributed by atoms with Crippen LogP contribution in [0.4, 0.5) is 0 Å². The normalized spacial score (nSPS) is 37.8. The fourth-order valence-electron chi connectivity index (χ4n) is 5.50. The van der Waals surface area contributed by atoms with E-state index in [9.17, 15) is 4.79 Å². The van der Waals surface area contributed by atoms with E-state index in [-0.39, 0.29) is 17.0 Å². The Morgan fingerprint density at radius 2 is 1.58 bits per heavy atom. The molecule has 4 saturated heterocycles. The van der Waals surface area contributed by atoms with E-state index in [1.165, 1.54) is 5.56 Å². The molecule has 0 aliphatic carbocycles. The van der Waals surface area contributed by atoms with Gasteiger partial charge in [-0.3, -0.25) is 14.6 Å². The zero-order chi connectivity index (χ0) is 18.5. The molecule has 0 spiro atoms. The number of piperidine rings is 2. The van der Waals surface area contributed by atoms with E-state index in [1.807, 2.05) is 13.0 Å². The van der Waals surface area contributed by atoms with Gasteiger partial charge < -0.3 is 9.47 Å². The van der Waals surface area contributed by atoms with Crippen molar-refractivity contribution < 1.29 is 14.3 Å². The highest BCUT2D eigenvalue weighted by molar-refractivity contribution is 5.93. The smallest absolute Gasteiger partial charge is 0.161 e. The Labute approximate surface area is 156 Å². The molecule has 0 atom stereocenters. The number of hydrogen-bond donors (Lipinski definition) is 0. The molecule has 5 nitrogen and oxygen atoms in total. The first kappa shape index (κ1) is 17.8. The van der Waals surface area contributed by atoms with Gasteiger partial charge in [0.25, 0.3) is 0 Å². The molecule has 4 fully saturated rings. The van der Waals surface area contributed by atoms with Gasteiger partial charge in [0.15, 0.2) is 11.5 Å². The zero-order valence-corrected chi connectivity index (χ0v) is 16.4. The van der Waals surface area contributed by atoms with Gasteiger partial charge in [-0.05, 0) is 37.5 Å². The Hall–Kier alpha value is -1.59. The molecule has 4 heterocycles. The number of ketones is 1. The van der Waals surface area contributed by atoms with Crippen molar-refractivity contribution in [2.75, 3.05) is 39.9 Å². The fraction of sp³-hybridized carbons (Fsp3) is 0.667. The number of methoxy groups -OCH3 is 1. The first-order valence-corrected chi connectivity index (χ1v) is 9.86. The van der Waals surface area contributed by atoms with Gasteiger partial charge in [-0.25, -0.2) is 0 Å². The summed E-state index contributed by atoms with van der Waals surface area (Å²) in [6.45, 7) is 10.5. The second-order valence-electron chi connectivity index (χ2n) is 8.12. The van der Waals surface area contributed by atoms with Crippen molar-refractivity contribution in [3.63, 3.8) is 0 Å². The molecular weight excluding hydrogens is 328 g/mol. The fourth-order valence-corrected chi connectivity index (χ4v) is 5.50. The van der Waals surface area contributed by atoms with Gasteiger partial charge in [0.05, 0.1) is 30.7 Å². The highest BCUT2D eigenvalue weighted by atomic mass is 16.5. The Morgan fingerprint density at radius 1 is 1.00 bits per heavy atom. The predicted octanol–water partition coefficient (Wildman–Crippen LogP) is 3.10. The number of rotatable bonds is 6. The van der Waals surface area contributed by atoms with Crippen LogP contribution < -0.4 is 9.47 Å². The summed E-state index contributed by atoms with van der Waals surface area (Å²) in [6.07, 6.45) is 2.09. The maximum atomic E-state index is 13.3. The van der Waals surface area contributed by atoms with Gasteiger partial charge in [-0.2, -0.15) is 0 Å². The van der Waals surface area contributed by atoms with Crippen LogP contribution in [0.2, 0.25) is 0 Å². The van der Waals surface area contributed by atoms with Gasteiger partial charge in [-0.15, -0.1) is 0 Å². The van der Waals surface area contributed by atoms with E-state index < -0.39 is 0 Å². The Morgan fingerprint density at radius 3 is 2.04 bits per heavy atom. The third-order valence-corrected chi connectivity index (χ3v) is 6.82. The van der Waals surface area contributed by atoms with E-state index in [0.717, 1.165) is 50.5 Å². The van der Waals surface area contributed by atoms with Gasteiger partial charge in [-0.1, -0.05) is 19.9 Å². The predicted molar refractivity (Wildman–Crippen MR) is 101 cm³/mol. The summed E-state index contributed by atoms with van der Waals surface area (Å²) in [6, 6.07) is 6.28. The minimum absolute atomic E-state index is 0.182. The van der Waals surface area contributed by atoms with Crippen LogP contribution >= 0.6 is 0 Å². The van der Waals surface area contributed by atoms with Crippen LogP contribution in [0.1, 0.15) is 45.3 Å². The van der Waals surface area contributed by atoms with Crippen LogP contribution in [-0.2, 0) is 4.79 Å². The quantitative estimate of drug-likeness (QED) is 0.782. The van der Waals surface area contributed by atoms with Crippen LogP contribution in [0, 0.1) is 10.8 Å². The monoisotopic (exact) mass is 358 g/mol. The minimum Gasteiger partial charge on any atom is -0.493 e. The molecule has 26 heavy (non-hydrogen) atoms. The van der Waals surface area contributed by atoms with Crippen molar-refractivity contribution in [3.05, 3.63) is 23.8 Å². The van der Waals surface area contributed by atoms with Gasteiger partial charge in [0.2, 0.25) is 0 Å². The molecule has 5 heteroatoms. The summed E-state index contributed by atoms with van der Waals surface area (Å²) >= 11 is 0. The van der Waals surface area contributed by atoms with Crippen molar-refractivity contribution in [1.29, 1.82) is 0 Å². The van der Waals surface area contributed by atoms with Crippen molar-refractivity contribution in [2.24, 2.45) is 10.8 Å². The average molecular weight is 358 g/mol. The summed E-state index contributed by atoms with van der Waals surface area (Å²) in [7, 11) is 1.69. The third kappa shape index (κ3) is 2.33. The minimum atomic E-state index is -0.182. The van der Waals surface area contributed by atoms with Crippen LogP contribution in [0.5, 0.6) is 11.5 Å². The number of carbonyl (C=O) groups excluding carboxylic acids is 1. The number of Topliss-reactive ketones (excluding diaryl/α,β-unsaturated/α-hetero) is 1. The molecule has 0 N–H and O–H groups in total. The first-order valence-electron chi connectivity index (χ1n) is 9.86. The molecule has 0 aromatic heterocycles. The highest BCUT2D eigenvalue weighted by Gasteiger charge is 2.64. The lowest BCUT2D eigenvalue weighted by atomic mass is 9.58. The first-order chi connectivity index (χ1) is 12.5. The number of ether oxygens (including phenoxy) is 2. The van der Waals surface area contributed by atoms with Crippen LogP contribution in [0.25, 0.3) is 0 Å². The lowest BCUT2D eigenvalue weighted by molar-refractivity contribution is -0.204. The zero-order valence-electron chi connectivity index (χ0n) is 16.4. The van der Waals surface area contributed by atoms with E-state index >= 15 is 0 Å². The van der Waals surface area contributed by atoms with E-state index in [4.69, 9.17) is 9.47 Å². The largest absolute Gasteiger partial charge is 0.493 e. The van der Waals surface area contributed by atoms with E-state index in [0.29, 0.717) is 12.4 Å². The standard InChI is InChI=1S/C21H30N2O3/c1-5-20-11-22-13-21(6-2,19(20)24)14-23(12-20)18(22)15-8-9-16(26-7-3)17(10-15)25-4/h8-10,18H,5-7,11-14H2,1-4H3. The molecule has 4 aliphatic rings. The Bertz CT molecular complexity index is 675. The number of carbonyl (C=O) groups is 1. The molecule has 0 amide bonds. The van der Waals surface area contributed by atoms with Crippen LogP contribution in [0.3, 0.4) is 0 Å².